The molecule has 0 bridgehead atoms. The molecule has 2 aromatic heterocycles. The molecule has 2 aromatic rings. The molecule has 17 heavy (non-hydrogen) atoms. The van der Waals surface area contributed by atoms with Crippen LogP contribution in [0.25, 0.3) is 11.6 Å². The summed E-state index contributed by atoms with van der Waals surface area (Å²) in [5.74, 6) is 2.11. The van der Waals surface area contributed by atoms with Gasteiger partial charge in [-0.3, -0.25) is 0 Å². The van der Waals surface area contributed by atoms with E-state index in [2.05, 4.69) is 60.7 Å². The topological polar surface area (TPSA) is 51.0 Å². The molecule has 6 heteroatoms. The van der Waals surface area contributed by atoms with Gasteiger partial charge in [-0.25, -0.2) is 9.97 Å². The first kappa shape index (κ1) is 12.8. The summed E-state index contributed by atoms with van der Waals surface area (Å²) >= 11 is 5.53. The number of nitrogens with one attached hydrogen (secondary N) is 1. The molecule has 0 unspecified atom stereocenters. The van der Waals surface area contributed by atoms with E-state index >= 15 is 0 Å². The van der Waals surface area contributed by atoms with Gasteiger partial charge in [0.25, 0.3) is 0 Å². The smallest absolute Gasteiger partial charge is 0.197 e. The molecule has 0 atom stereocenters. The quantitative estimate of drug-likeness (QED) is 0.788. The fourth-order valence-electron chi connectivity index (χ4n) is 1.44. The zero-order valence-electron chi connectivity index (χ0n) is 9.42. The molecule has 0 aliphatic rings. The summed E-state index contributed by atoms with van der Waals surface area (Å²) in [5, 5.41) is 3.07. The Morgan fingerprint density at radius 1 is 1.41 bits per heavy atom. The summed E-state index contributed by atoms with van der Waals surface area (Å²) in [6.45, 7) is 2.08. The second-order valence-corrected chi connectivity index (χ2v) is 5.22. The second kappa shape index (κ2) is 5.34. The maximum Gasteiger partial charge on any atom is 0.197 e. The summed E-state index contributed by atoms with van der Waals surface area (Å²) < 4.78 is 7.21. The van der Waals surface area contributed by atoms with Crippen LogP contribution in [0.3, 0.4) is 0 Å². The fourth-order valence-corrected chi connectivity index (χ4v) is 2.64. The summed E-state index contributed by atoms with van der Waals surface area (Å²) in [6, 6.07) is 3.69. The maximum absolute atomic E-state index is 5.47. The first-order valence-corrected chi connectivity index (χ1v) is 7.02. The molecule has 0 saturated heterocycles. The van der Waals surface area contributed by atoms with Crippen molar-refractivity contribution < 1.29 is 4.42 Å². The minimum absolute atomic E-state index is 0.609. The van der Waals surface area contributed by atoms with Crippen molar-refractivity contribution in [2.75, 3.05) is 12.4 Å². The number of halogens is 2. The van der Waals surface area contributed by atoms with Gasteiger partial charge in [-0.15, -0.1) is 0 Å². The van der Waals surface area contributed by atoms with Crippen molar-refractivity contribution in [1.29, 1.82) is 0 Å². The lowest BCUT2D eigenvalue weighted by Gasteiger charge is -2.08. The molecule has 0 aliphatic heterocycles. The standard InChI is InChI=1S/C11H11BrIN3O/c1-3-6-9(13)11(14-2)16-10(15-6)7-4-5-8(12)17-7/h4-5H,3H2,1-2H3,(H,14,15,16). The molecule has 2 rings (SSSR count). The van der Waals surface area contributed by atoms with Crippen LogP contribution in [-0.4, -0.2) is 17.0 Å². The van der Waals surface area contributed by atoms with Crippen molar-refractivity contribution >= 4 is 44.3 Å². The SMILES string of the molecule is CCc1nc(-c2ccc(Br)o2)nc(NC)c1I. The third kappa shape index (κ3) is 2.62. The Morgan fingerprint density at radius 2 is 2.18 bits per heavy atom. The summed E-state index contributed by atoms with van der Waals surface area (Å²) in [4.78, 5) is 8.95. The number of hydrogen-bond acceptors (Lipinski definition) is 4. The van der Waals surface area contributed by atoms with Crippen molar-refractivity contribution in [1.82, 2.24) is 9.97 Å². The van der Waals surface area contributed by atoms with E-state index in [0.29, 0.717) is 16.3 Å². The zero-order valence-corrected chi connectivity index (χ0v) is 13.2. The molecule has 1 N–H and O–H groups in total. The third-order valence-corrected chi connectivity index (χ3v) is 3.84. The highest BCUT2D eigenvalue weighted by molar-refractivity contribution is 14.1. The van der Waals surface area contributed by atoms with Gasteiger partial charge in [-0.2, -0.15) is 0 Å². The van der Waals surface area contributed by atoms with E-state index < -0.39 is 0 Å². The van der Waals surface area contributed by atoms with Gasteiger partial charge in [0, 0.05) is 7.05 Å². The highest BCUT2D eigenvalue weighted by atomic mass is 127. The van der Waals surface area contributed by atoms with E-state index in [4.69, 9.17) is 4.42 Å². The van der Waals surface area contributed by atoms with Gasteiger partial charge in [0.05, 0.1) is 9.26 Å². The van der Waals surface area contributed by atoms with Crippen LogP contribution in [0.2, 0.25) is 0 Å². The van der Waals surface area contributed by atoms with Gasteiger partial charge in [0.15, 0.2) is 16.3 Å². The Morgan fingerprint density at radius 3 is 2.71 bits per heavy atom. The predicted molar refractivity (Wildman–Crippen MR) is 79.1 cm³/mol. The lowest BCUT2D eigenvalue weighted by molar-refractivity contribution is 0.551. The number of nitrogens with zero attached hydrogens (tertiary/aromatic N) is 2. The van der Waals surface area contributed by atoms with Crippen LogP contribution in [0.5, 0.6) is 0 Å². The monoisotopic (exact) mass is 407 g/mol. The highest BCUT2D eigenvalue weighted by Gasteiger charge is 2.13. The van der Waals surface area contributed by atoms with E-state index in [1.54, 1.807) is 0 Å². The van der Waals surface area contributed by atoms with Crippen LogP contribution in [-0.2, 0) is 6.42 Å². The molecule has 4 nitrogen and oxygen atoms in total. The van der Waals surface area contributed by atoms with Crippen molar-refractivity contribution in [2.45, 2.75) is 13.3 Å². The molecule has 2 heterocycles. The molecule has 0 fully saturated rings. The molecule has 0 saturated carbocycles. The lowest BCUT2D eigenvalue weighted by atomic mass is 10.3. The molecule has 0 aromatic carbocycles. The number of aromatic nitrogens is 2. The number of furan rings is 1. The molecule has 0 spiro atoms. The summed E-state index contributed by atoms with van der Waals surface area (Å²) in [5.41, 5.74) is 1.02. The van der Waals surface area contributed by atoms with Crippen molar-refractivity contribution in [3.05, 3.63) is 26.1 Å². The van der Waals surface area contributed by atoms with Crippen LogP contribution < -0.4 is 5.32 Å². The zero-order chi connectivity index (χ0) is 12.4. The number of aryl methyl sites for hydroxylation is 1. The second-order valence-electron chi connectivity index (χ2n) is 3.36. The minimum atomic E-state index is 0.609. The van der Waals surface area contributed by atoms with Gasteiger partial charge in [0.1, 0.15) is 5.82 Å². The Kier molecular flexibility index (Phi) is 4.03. The molecular weight excluding hydrogens is 397 g/mol. The summed E-state index contributed by atoms with van der Waals surface area (Å²) in [6.07, 6.45) is 0.865. The Balaban J connectivity index is 2.55. The third-order valence-electron chi connectivity index (χ3n) is 2.29. The average Bonchev–Trinajstić information content (AvgIpc) is 2.76. The molecular formula is C11H11BrIN3O. The van der Waals surface area contributed by atoms with Gasteiger partial charge in [-0.05, 0) is 57.1 Å². The fraction of sp³-hybridized carbons (Fsp3) is 0.273. The van der Waals surface area contributed by atoms with Crippen LogP contribution in [0.15, 0.2) is 21.2 Å². The van der Waals surface area contributed by atoms with Gasteiger partial charge in [0.2, 0.25) is 0 Å². The Labute approximate surface area is 121 Å². The first-order valence-electron chi connectivity index (χ1n) is 5.15. The maximum atomic E-state index is 5.47. The number of hydrogen-bond donors (Lipinski definition) is 1. The Hall–Kier alpha value is -0.630. The van der Waals surface area contributed by atoms with E-state index in [1.165, 1.54) is 0 Å². The van der Waals surface area contributed by atoms with Crippen molar-refractivity contribution in [2.24, 2.45) is 0 Å². The molecule has 90 valence electrons. The van der Waals surface area contributed by atoms with E-state index in [1.807, 2.05) is 19.2 Å². The van der Waals surface area contributed by atoms with E-state index in [9.17, 15) is 0 Å². The van der Waals surface area contributed by atoms with Gasteiger partial charge < -0.3 is 9.73 Å². The first-order chi connectivity index (χ1) is 8.15. The summed E-state index contributed by atoms with van der Waals surface area (Å²) in [7, 11) is 1.85. The molecule has 0 radical (unpaired) electrons. The van der Waals surface area contributed by atoms with Gasteiger partial charge in [-0.1, -0.05) is 6.92 Å². The molecule has 0 aliphatic carbocycles. The average molecular weight is 408 g/mol. The highest BCUT2D eigenvalue weighted by Crippen LogP contribution is 2.26. The van der Waals surface area contributed by atoms with E-state index in [-0.39, 0.29) is 0 Å². The number of rotatable bonds is 3. The number of anilines is 1. The largest absolute Gasteiger partial charge is 0.446 e. The minimum Gasteiger partial charge on any atom is -0.446 e. The van der Waals surface area contributed by atoms with Gasteiger partial charge >= 0.3 is 0 Å². The van der Waals surface area contributed by atoms with Crippen LogP contribution in [0.4, 0.5) is 5.82 Å². The molecule has 0 amide bonds. The lowest BCUT2D eigenvalue weighted by Crippen LogP contribution is -2.04. The van der Waals surface area contributed by atoms with Crippen molar-refractivity contribution in [3.8, 4) is 11.6 Å². The van der Waals surface area contributed by atoms with Crippen molar-refractivity contribution in [3.63, 3.8) is 0 Å². The van der Waals surface area contributed by atoms with Crippen LogP contribution >= 0.6 is 38.5 Å². The predicted octanol–water partition coefficient (Wildman–Crippen LogP) is 3.71. The van der Waals surface area contributed by atoms with Crippen LogP contribution in [0, 0.1) is 3.57 Å². The Bertz CT molecular complexity index is 516. The van der Waals surface area contributed by atoms with E-state index in [0.717, 1.165) is 21.5 Å². The normalized spacial score (nSPS) is 10.6. The van der Waals surface area contributed by atoms with Crippen LogP contribution in [0.1, 0.15) is 12.6 Å².